The molecule has 170 valence electrons. The molecule has 1 aliphatic rings. The minimum atomic E-state index is -4.86. The van der Waals surface area contributed by atoms with Crippen molar-refractivity contribution < 1.29 is 32.6 Å². The summed E-state index contributed by atoms with van der Waals surface area (Å²) in [7, 11) is 0. The average Bonchev–Trinajstić information content (AvgIpc) is 2.67. The summed E-state index contributed by atoms with van der Waals surface area (Å²) in [5.74, 6) is -2.48. The summed E-state index contributed by atoms with van der Waals surface area (Å²) in [5, 5.41) is 18.7. The number of benzene rings is 1. The molecule has 1 aromatic rings. The molecule has 10 heteroatoms. The number of aliphatic carboxylic acids is 1. The highest BCUT2D eigenvalue weighted by atomic mass is 19.4. The van der Waals surface area contributed by atoms with Crippen molar-refractivity contribution >= 4 is 23.8 Å². The Kier molecular flexibility index (Phi) is 7.70. The van der Waals surface area contributed by atoms with Crippen molar-refractivity contribution in [2.75, 3.05) is 0 Å². The van der Waals surface area contributed by atoms with Gasteiger partial charge >= 0.3 is 12.1 Å². The van der Waals surface area contributed by atoms with Crippen molar-refractivity contribution in [3.63, 3.8) is 0 Å². The van der Waals surface area contributed by atoms with E-state index in [9.17, 15) is 27.9 Å². The lowest BCUT2D eigenvalue weighted by Crippen LogP contribution is -2.47. The SMILES string of the molecule is CCc1cc(C)cc2c1O[C@H](C(F)(F)F)C(C(=O)N[C@@H](CCCCC(=N)N)C(=O)O)=C2. The highest BCUT2D eigenvalue weighted by Crippen LogP contribution is 2.40. The van der Waals surface area contributed by atoms with Crippen molar-refractivity contribution in [2.45, 2.75) is 64.3 Å². The molecule has 0 radical (unpaired) electrons. The summed E-state index contributed by atoms with van der Waals surface area (Å²) in [6.45, 7) is 3.57. The molecule has 2 atom stereocenters. The summed E-state index contributed by atoms with van der Waals surface area (Å²) in [6.07, 6.45) is -4.77. The third-order valence-electron chi connectivity index (χ3n) is 4.90. The second kappa shape index (κ2) is 9.84. The maximum absolute atomic E-state index is 13.7. The zero-order chi connectivity index (χ0) is 23.3. The number of carbonyl (C=O) groups excluding carboxylic acids is 1. The number of fused-ring (bicyclic) bond motifs is 1. The van der Waals surface area contributed by atoms with Gasteiger partial charge in [-0.3, -0.25) is 10.2 Å². The molecule has 0 aliphatic carbocycles. The van der Waals surface area contributed by atoms with Crippen LogP contribution in [-0.2, 0) is 16.0 Å². The lowest BCUT2D eigenvalue weighted by Gasteiger charge is -2.30. The zero-order valence-corrected chi connectivity index (χ0v) is 17.3. The predicted molar refractivity (Wildman–Crippen MR) is 109 cm³/mol. The van der Waals surface area contributed by atoms with Crippen LogP contribution in [0.1, 0.15) is 49.3 Å². The molecule has 0 fully saturated rings. The molecule has 0 aromatic heterocycles. The summed E-state index contributed by atoms with van der Waals surface area (Å²) in [6, 6.07) is 1.97. The molecule has 1 heterocycles. The number of nitrogens with two attached hydrogens (primary N) is 1. The number of aryl methyl sites for hydroxylation is 2. The van der Waals surface area contributed by atoms with E-state index in [0.29, 0.717) is 30.4 Å². The fourth-order valence-corrected chi connectivity index (χ4v) is 3.41. The van der Waals surface area contributed by atoms with E-state index in [2.05, 4.69) is 5.32 Å². The second-order valence-corrected chi connectivity index (χ2v) is 7.47. The molecule has 31 heavy (non-hydrogen) atoms. The van der Waals surface area contributed by atoms with Crippen LogP contribution in [0.15, 0.2) is 17.7 Å². The smallest absolute Gasteiger partial charge is 0.429 e. The van der Waals surface area contributed by atoms with Crippen LogP contribution in [0.4, 0.5) is 13.2 Å². The van der Waals surface area contributed by atoms with E-state index >= 15 is 0 Å². The van der Waals surface area contributed by atoms with Gasteiger partial charge in [0.05, 0.1) is 11.4 Å². The minimum absolute atomic E-state index is 0.00511. The molecule has 1 amide bonds. The lowest BCUT2D eigenvalue weighted by molar-refractivity contribution is -0.185. The van der Waals surface area contributed by atoms with Gasteiger partial charge in [0.15, 0.2) is 0 Å². The summed E-state index contributed by atoms with van der Waals surface area (Å²) in [5.41, 5.74) is 6.29. The molecule has 0 spiro atoms. The third-order valence-corrected chi connectivity index (χ3v) is 4.90. The number of alkyl halides is 3. The Balaban J connectivity index is 2.31. The molecule has 1 aromatic carbocycles. The first-order chi connectivity index (χ1) is 14.4. The Labute approximate surface area is 178 Å². The molecule has 5 N–H and O–H groups in total. The Morgan fingerprint density at radius 3 is 2.55 bits per heavy atom. The van der Waals surface area contributed by atoms with Crippen LogP contribution >= 0.6 is 0 Å². The Morgan fingerprint density at radius 1 is 1.32 bits per heavy atom. The first kappa shape index (κ1) is 24.2. The van der Waals surface area contributed by atoms with Crippen LogP contribution in [-0.4, -0.2) is 41.1 Å². The molecule has 0 saturated heterocycles. The van der Waals surface area contributed by atoms with Gasteiger partial charge in [-0.05, 0) is 49.5 Å². The van der Waals surface area contributed by atoms with Gasteiger partial charge in [0.2, 0.25) is 6.10 Å². The summed E-state index contributed by atoms with van der Waals surface area (Å²) >= 11 is 0. The van der Waals surface area contributed by atoms with Crippen LogP contribution in [0.2, 0.25) is 0 Å². The molecular weight excluding hydrogens is 415 g/mol. The summed E-state index contributed by atoms with van der Waals surface area (Å²) in [4.78, 5) is 24.2. The van der Waals surface area contributed by atoms with E-state index < -0.39 is 35.8 Å². The number of carboxylic acid groups (broad SMARTS) is 1. The monoisotopic (exact) mass is 441 g/mol. The second-order valence-electron chi connectivity index (χ2n) is 7.47. The van der Waals surface area contributed by atoms with Gasteiger partial charge in [-0.1, -0.05) is 19.4 Å². The van der Waals surface area contributed by atoms with E-state index in [1.54, 1.807) is 26.0 Å². The van der Waals surface area contributed by atoms with Crippen molar-refractivity contribution in [3.8, 4) is 5.75 Å². The molecule has 7 nitrogen and oxygen atoms in total. The quantitative estimate of drug-likeness (QED) is 0.266. The number of halogens is 3. The van der Waals surface area contributed by atoms with Gasteiger partial charge in [0.1, 0.15) is 11.8 Å². The molecule has 0 saturated carbocycles. The third kappa shape index (κ3) is 6.22. The van der Waals surface area contributed by atoms with Crippen LogP contribution < -0.4 is 15.8 Å². The van der Waals surface area contributed by atoms with Gasteiger partial charge in [-0.25, -0.2) is 4.79 Å². The standard InChI is InChI=1S/C21H26F3N3O4/c1-3-12-8-11(2)9-13-10-14(18(21(22,23)24)31-17(12)13)19(28)27-15(20(29)30)6-4-5-7-16(25)26/h8-10,15,18H,3-7H2,1-2H3,(H3,25,26)(H,27,28)(H,29,30)/t15-,18-/m0/s1. The first-order valence-electron chi connectivity index (χ1n) is 9.89. The lowest BCUT2D eigenvalue weighted by atomic mass is 9.95. The molecule has 0 bridgehead atoms. The first-order valence-corrected chi connectivity index (χ1v) is 9.89. The van der Waals surface area contributed by atoms with Crippen LogP contribution in [0.25, 0.3) is 6.08 Å². The summed E-state index contributed by atoms with van der Waals surface area (Å²) < 4.78 is 46.3. The van der Waals surface area contributed by atoms with Gasteiger partial charge in [0.25, 0.3) is 5.91 Å². The number of unbranched alkanes of at least 4 members (excludes halogenated alkanes) is 1. The maximum atomic E-state index is 13.7. The number of hydrogen-bond acceptors (Lipinski definition) is 4. The predicted octanol–water partition coefficient (Wildman–Crippen LogP) is 3.33. The number of nitrogens with one attached hydrogen (secondary N) is 2. The molecular formula is C21H26F3N3O4. The van der Waals surface area contributed by atoms with E-state index in [0.717, 1.165) is 11.6 Å². The average molecular weight is 441 g/mol. The van der Waals surface area contributed by atoms with Crippen LogP contribution in [0, 0.1) is 12.3 Å². The van der Waals surface area contributed by atoms with Crippen molar-refractivity contribution in [2.24, 2.45) is 5.73 Å². The highest BCUT2D eigenvalue weighted by Gasteiger charge is 2.49. The van der Waals surface area contributed by atoms with Crippen molar-refractivity contribution in [3.05, 3.63) is 34.4 Å². The fourth-order valence-electron chi connectivity index (χ4n) is 3.41. The largest absolute Gasteiger partial charge is 0.480 e. The Morgan fingerprint density at radius 2 is 2.00 bits per heavy atom. The van der Waals surface area contributed by atoms with Crippen molar-refractivity contribution in [1.29, 1.82) is 5.41 Å². The normalized spacial score (nSPS) is 16.5. The van der Waals surface area contributed by atoms with Crippen LogP contribution in [0.3, 0.4) is 0 Å². The molecule has 1 aliphatic heterocycles. The van der Waals surface area contributed by atoms with Gasteiger partial charge in [0, 0.05) is 12.0 Å². The molecule has 0 unspecified atom stereocenters. The number of carbonyl (C=O) groups is 2. The van der Waals surface area contributed by atoms with Gasteiger partial charge < -0.3 is 20.9 Å². The number of rotatable bonds is 9. The minimum Gasteiger partial charge on any atom is -0.480 e. The Hall–Kier alpha value is -3.04. The van der Waals surface area contributed by atoms with Gasteiger partial charge in [-0.15, -0.1) is 0 Å². The Bertz CT molecular complexity index is 897. The van der Waals surface area contributed by atoms with Gasteiger partial charge in [-0.2, -0.15) is 13.2 Å². The van der Waals surface area contributed by atoms with E-state index in [1.165, 1.54) is 0 Å². The number of amidine groups is 1. The number of ether oxygens (including phenoxy) is 1. The van der Waals surface area contributed by atoms with E-state index in [4.69, 9.17) is 15.9 Å². The van der Waals surface area contributed by atoms with E-state index in [1.807, 2.05) is 0 Å². The number of hydrogen-bond donors (Lipinski definition) is 4. The van der Waals surface area contributed by atoms with Crippen LogP contribution in [0.5, 0.6) is 5.75 Å². The van der Waals surface area contributed by atoms with E-state index in [-0.39, 0.29) is 24.4 Å². The fraction of sp³-hybridized carbons (Fsp3) is 0.476. The van der Waals surface area contributed by atoms with Crippen molar-refractivity contribution in [1.82, 2.24) is 5.32 Å². The number of amides is 1. The number of carboxylic acids is 1. The zero-order valence-electron chi connectivity index (χ0n) is 17.3. The topological polar surface area (TPSA) is 126 Å². The highest BCUT2D eigenvalue weighted by molar-refractivity contribution is 6.01. The maximum Gasteiger partial charge on any atom is 0.429 e. The molecule has 2 rings (SSSR count).